The minimum atomic E-state index is -1.10. The highest BCUT2D eigenvalue weighted by Crippen LogP contribution is 2.23. The third-order valence-electron chi connectivity index (χ3n) is 3.41. The molecular formula is C16H12F2N2O2S. The summed E-state index contributed by atoms with van der Waals surface area (Å²) in [5.74, 6) is -2.33. The van der Waals surface area contributed by atoms with Gasteiger partial charge in [-0.2, -0.15) is 0 Å². The van der Waals surface area contributed by atoms with E-state index in [1.165, 1.54) is 29.0 Å². The smallest absolute Gasteiger partial charge is 0.198 e. The summed E-state index contributed by atoms with van der Waals surface area (Å²) in [5.41, 5.74) is 0.458. The number of benzene rings is 1. The fraction of sp³-hybridized carbons (Fsp3) is 0.188. The van der Waals surface area contributed by atoms with E-state index in [1.807, 2.05) is 0 Å². The first-order valence-corrected chi connectivity index (χ1v) is 7.69. The maximum absolute atomic E-state index is 13.6. The summed E-state index contributed by atoms with van der Waals surface area (Å²) in [6.07, 6.45) is 1.47. The lowest BCUT2D eigenvalue weighted by atomic mass is 10.1. The van der Waals surface area contributed by atoms with E-state index in [4.69, 9.17) is 0 Å². The highest BCUT2D eigenvalue weighted by molar-refractivity contribution is 7.09. The van der Waals surface area contributed by atoms with Crippen LogP contribution in [-0.2, 0) is 11.3 Å². The van der Waals surface area contributed by atoms with Gasteiger partial charge in [0, 0.05) is 23.0 Å². The van der Waals surface area contributed by atoms with E-state index in [-0.39, 0.29) is 28.8 Å². The number of pyridine rings is 1. The Labute approximate surface area is 134 Å². The number of fused-ring (bicyclic) bond motifs is 1. The lowest BCUT2D eigenvalue weighted by Crippen LogP contribution is -2.16. The lowest BCUT2D eigenvalue weighted by Gasteiger charge is -2.12. The first kappa shape index (κ1) is 15.5. The second-order valence-electron chi connectivity index (χ2n) is 5.24. The predicted octanol–water partition coefficient (Wildman–Crippen LogP) is 3.30. The number of carbonyl (C=O) groups is 1. The second-order valence-corrected chi connectivity index (χ2v) is 6.30. The third kappa shape index (κ3) is 2.79. The number of carbonyl (C=O) groups excluding carboxylic acids is 1. The van der Waals surface area contributed by atoms with E-state index in [9.17, 15) is 18.4 Å². The Morgan fingerprint density at radius 2 is 2.00 bits per heavy atom. The van der Waals surface area contributed by atoms with Gasteiger partial charge in [-0.15, -0.1) is 11.3 Å². The Morgan fingerprint density at radius 1 is 1.30 bits per heavy atom. The molecule has 0 aliphatic carbocycles. The zero-order valence-corrected chi connectivity index (χ0v) is 13.2. The molecule has 2 heterocycles. The molecule has 3 aromatic rings. The minimum Gasteiger partial charge on any atom is -0.339 e. The van der Waals surface area contributed by atoms with Crippen molar-refractivity contribution in [2.24, 2.45) is 0 Å². The highest BCUT2D eigenvalue weighted by Gasteiger charge is 2.16. The molecule has 0 fully saturated rings. The molecular weight excluding hydrogens is 322 g/mol. The van der Waals surface area contributed by atoms with Gasteiger partial charge >= 0.3 is 0 Å². The minimum absolute atomic E-state index is 0.0216. The molecule has 0 bridgehead atoms. The second kappa shape index (κ2) is 5.66. The lowest BCUT2D eigenvalue weighted by molar-refractivity contribution is -0.117. The van der Waals surface area contributed by atoms with E-state index in [0.717, 1.165) is 17.1 Å². The van der Waals surface area contributed by atoms with Crippen molar-refractivity contribution in [2.75, 3.05) is 0 Å². The number of aromatic nitrogens is 2. The van der Waals surface area contributed by atoms with Crippen molar-refractivity contribution in [3.63, 3.8) is 0 Å². The van der Waals surface area contributed by atoms with Crippen molar-refractivity contribution in [3.8, 4) is 11.3 Å². The van der Waals surface area contributed by atoms with E-state index in [2.05, 4.69) is 4.98 Å². The molecule has 118 valence electrons. The quantitative estimate of drug-likeness (QED) is 0.738. The first-order chi connectivity index (χ1) is 10.9. The van der Waals surface area contributed by atoms with Crippen LogP contribution in [0.15, 0.2) is 28.5 Å². The molecule has 23 heavy (non-hydrogen) atoms. The number of nitrogens with zero attached hydrogens (tertiary/aromatic N) is 2. The number of hydrogen-bond donors (Lipinski definition) is 0. The molecule has 7 heteroatoms. The van der Waals surface area contributed by atoms with Crippen molar-refractivity contribution in [3.05, 3.63) is 50.6 Å². The van der Waals surface area contributed by atoms with Crippen LogP contribution in [0.1, 0.15) is 11.9 Å². The number of ketones is 1. The van der Waals surface area contributed by atoms with Gasteiger partial charge in [0.25, 0.3) is 0 Å². The van der Waals surface area contributed by atoms with Gasteiger partial charge in [-0.3, -0.25) is 9.59 Å². The molecule has 0 atom stereocenters. The fourth-order valence-electron chi connectivity index (χ4n) is 2.43. The third-order valence-corrected chi connectivity index (χ3v) is 4.18. The number of aryl methyl sites for hydroxylation is 1. The van der Waals surface area contributed by atoms with Crippen LogP contribution in [0.3, 0.4) is 0 Å². The summed E-state index contributed by atoms with van der Waals surface area (Å²) >= 11 is 1.38. The molecule has 0 N–H and O–H groups in total. The molecule has 0 aliphatic heterocycles. The Morgan fingerprint density at radius 3 is 2.61 bits per heavy atom. The Bertz CT molecular complexity index is 992. The Kier molecular flexibility index (Phi) is 3.81. The number of Topliss-reactive ketones (excluding diaryl/α,β-unsaturated/α-hetero) is 1. The maximum atomic E-state index is 13.6. The predicted molar refractivity (Wildman–Crippen MR) is 84.7 cm³/mol. The Hall–Kier alpha value is -2.41. The van der Waals surface area contributed by atoms with Crippen LogP contribution >= 0.6 is 11.3 Å². The summed E-state index contributed by atoms with van der Waals surface area (Å²) in [4.78, 5) is 28.3. The van der Waals surface area contributed by atoms with Crippen LogP contribution in [0.2, 0.25) is 0 Å². The summed E-state index contributed by atoms with van der Waals surface area (Å²) in [5, 5.41) is 2.52. The number of hydrogen-bond acceptors (Lipinski definition) is 4. The van der Waals surface area contributed by atoms with Gasteiger partial charge in [0.15, 0.2) is 17.1 Å². The standard InChI is InChI=1S/C16H12F2N2O2S/c1-8(21)5-20-6-11(14-7-23-9(2)19-14)16(22)10-3-12(17)13(18)4-15(10)20/h3-4,6-7H,5H2,1-2H3. The largest absolute Gasteiger partial charge is 0.339 e. The molecule has 0 amide bonds. The van der Waals surface area contributed by atoms with Crippen molar-refractivity contribution < 1.29 is 13.6 Å². The maximum Gasteiger partial charge on any atom is 0.198 e. The van der Waals surface area contributed by atoms with E-state index < -0.39 is 17.1 Å². The highest BCUT2D eigenvalue weighted by atomic mass is 32.1. The molecule has 0 radical (unpaired) electrons. The molecule has 2 aromatic heterocycles. The molecule has 4 nitrogen and oxygen atoms in total. The van der Waals surface area contributed by atoms with Gasteiger partial charge in [0.1, 0.15) is 5.78 Å². The molecule has 0 saturated heterocycles. The molecule has 0 aliphatic rings. The van der Waals surface area contributed by atoms with Gasteiger partial charge in [-0.05, 0) is 19.9 Å². The normalized spacial score (nSPS) is 11.1. The molecule has 1 aromatic carbocycles. The van der Waals surface area contributed by atoms with Crippen LogP contribution in [-0.4, -0.2) is 15.3 Å². The average molecular weight is 334 g/mol. The number of rotatable bonds is 3. The summed E-state index contributed by atoms with van der Waals surface area (Å²) in [6, 6.07) is 1.80. The van der Waals surface area contributed by atoms with Crippen LogP contribution in [0.25, 0.3) is 22.2 Å². The first-order valence-electron chi connectivity index (χ1n) is 6.81. The van der Waals surface area contributed by atoms with Crippen LogP contribution in [0, 0.1) is 18.6 Å². The van der Waals surface area contributed by atoms with Gasteiger partial charge in [0.2, 0.25) is 0 Å². The zero-order chi connectivity index (χ0) is 16.7. The van der Waals surface area contributed by atoms with Gasteiger partial charge in [0.05, 0.1) is 28.3 Å². The van der Waals surface area contributed by atoms with E-state index in [1.54, 1.807) is 12.3 Å². The van der Waals surface area contributed by atoms with Crippen molar-refractivity contribution >= 4 is 28.0 Å². The Balaban J connectivity index is 2.38. The van der Waals surface area contributed by atoms with Gasteiger partial charge < -0.3 is 4.57 Å². The van der Waals surface area contributed by atoms with Crippen molar-refractivity contribution in [1.82, 2.24) is 9.55 Å². The molecule has 0 spiro atoms. The van der Waals surface area contributed by atoms with Crippen LogP contribution in [0.4, 0.5) is 8.78 Å². The number of thiazole rings is 1. The molecule has 0 unspecified atom stereocenters. The summed E-state index contributed by atoms with van der Waals surface area (Å²) in [7, 11) is 0. The monoisotopic (exact) mass is 334 g/mol. The number of halogens is 2. The van der Waals surface area contributed by atoms with Crippen molar-refractivity contribution in [2.45, 2.75) is 20.4 Å². The summed E-state index contributed by atoms with van der Waals surface area (Å²) in [6.45, 7) is 3.15. The SMILES string of the molecule is CC(=O)Cn1cc(-c2csc(C)n2)c(=O)c2cc(F)c(F)cc21. The van der Waals surface area contributed by atoms with Crippen LogP contribution < -0.4 is 5.43 Å². The molecule has 0 saturated carbocycles. The summed E-state index contributed by atoms with van der Waals surface area (Å²) < 4.78 is 28.5. The fourth-order valence-corrected chi connectivity index (χ4v) is 3.04. The van der Waals surface area contributed by atoms with E-state index in [0.29, 0.717) is 5.69 Å². The van der Waals surface area contributed by atoms with Gasteiger partial charge in [-0.25, -0.2) is 13.8 Å². The zero-order valence-electron chi connectivity index (χ0n) is 12.4. The van der Waals surface area contributed by atoms with E-state index >= 15 is 0 Å². The van der Waals surface area contributed by atoms with Crippen molar-refractivity contribution in [1.29, 1.82) is 0 Å². The average Bonchev–Trinajstić information content (AvgIpc) is 2.90. The molecule has 3 rings (SSSR count). The van der Waals surface area contributed by atoms with Gasteiger partial charge in [-0.1, -0.05) is 0 Å². The van der Waals surface area contributed by atoms with Crippen LogP contribution in [0.5, 0.6) is 0 Å². The topological polar surface area (TPSA) is 52.0 Å².